The summed E-state index contributed by atoms with van der Waals surface area (Å²) in [6.45, 7) is 3.58. The van der Waals surface area contributed by atoms with Crippen molar-refractivity contribution in [1.82, 2.24) is 9.97 Å². The van der Waals surface area contributed by atoms with Crippen LogP contribution in [0.4, 0.5) is 10.2 Å². The Morgan fingerprint density at radius 2 is 2.33 bits per heavy atom. The minimum Gasteiger partial charge on any atom is -0.354 e. The van der Waals surface area contributed by atoms with Gasteiger partial charge in [0.05, 0.1) is 6.20 Å². The zero-order valence-electron chi connectivity index (χ0n) is 8.58. The van der Waals surface area contributed by atoms with Crippen LogP contribution in [0.1, 0.15) is 19.8 Å². The summed E-state index contributed by atoms with van der Waals surface area (Å²) in [5.41, 5.74) is 0. The molecule has 3 nitrogen and oxygen atoms in total. The first-order valence-corrected chi connectivity index (χ1v) is 5.51. The molecule has 0 bridgehead atoms. The Morgan fingerprint density at radius 1 is 1.60 bits per heavy atom. The topological polar surface area (TPSA) is 29.0 Å². The van der Waals surface area contributed by atoms with Crippen molar-refractivity contribution >= 4 is 17.4 Å². The Hall–Kier alpha value is -0.900. The van der Waals surface area contributed by atoms with Crippen LogP contribution in [0.2, 0.25) is 5.28 Å². The van der Waals surface area contributed by atoms with Gasteiger partial charge < -0.3 is 4.90 Å². The lowest BCUT2D eigenvalue weighted by molar-refractivity contribution is 0.597. The number of anilines is 1. The van der Waals surface area contributed by atoms with E-state index in [1.807, 2.05) is 11.8 Å². The van der Waals surface area contributed by atoms with Crippen LogP contribution in [-0.4, -0.2) is 23.1 Å². The highest BCUT2D eigenvalue weighted by atomic mass is 35.5. The molecule has 0 amide bonds. The van der Waals surface area contributed by atoms with Gasteiger partial charge in [-0.15, -0.1) is 0 Å². The molecule has 1 aliphatic rings. The van der Waals surface area contributed by atoms with Gasteiger partial charge >= 0.3 is 0 Å². The molecular formula is C10H13ClFN3. The summed E-state index contributed by atoms with van der Waals surface area (Å²) in [4.78, 5) is 9.45. The highest BCUT2D eigenvalue weighted by Crippen LogP contribution is 2.31. The van der Waals surface area contributed by atoms with Gasteiger partial charge in [-0.05, 0) is 37.3 Å². The second-order valence-corrected chi connectivity index (χ2v) is 4.13. The van der Waals surface area contributed by atoms with Crippen molar-refractivity contribution < 1.29 is 4.39 Å². The minimum atomic E-state index is -0.401. The first-order valence-electron chi connectivity index (χ1n) is 5.13. The van der Waals surface area contributed by atoms with E-state index in [4.69, 9.17) is 11.6 Å². The fraction of sp³-hybridized carbons (Fsp3) is 0.600. The summed E-state index contributed by atoms with van der Waals surface area (Å²) < 4.78 is 13.5. The fourth-order valence-electron chi connectivity index (χ4n) is 1.54. The van der Waals surface area contributed by atoms with E-state index in [2.05, 4.69) is 9.97 Å². The summed E-state index contributed by atoms with van der Waals surface area (Å²) in [7, 11) is 0. The van der Waals surface area contributed by atoms with Gasteiger partial charge in [-0.2, -0.15) is 4.98 Å². The molecule has 82 valence electrons. The van der Waals surface area contributed by atoms with E-state index in [1.165, 1.54) is 12.8 Å². The summed E-state index contributed by atoms with van der Waals surface area (Å²) in [5, 5.41) is 0.0978. The van der Waals surface area contributed by atoms with E-state index in [-0.39, 0.29) is 5.28 Å². The van der Waals surface area contributed by atoms with Gasteiger partial charge in [0.1, 0.15) is 0 Å². The van der Waals surface area contributed by atoms with Crippen LogP contribution in [0.15, 0.2) is 6.20 Å². The van der Waals surface area contributed by atoms with Crippen LogP contribution >= 0.6 is 11.6 Å². The average Bonchev–Trinajstić information content (AvgIpc) is 3.02. The number of nitrogens with zero attached hydrogens (tertiary/aromatic N) is 3. The smallest absolute Gasteiger partial charge is 0.224 e. The average molecular weight is 230 g/mol. The van der Waals surface area contributed by atoms with Crippen LogP contribution < -0.4 is 4.90 Å². The molecule has 0 unspecified atom stereocenters. The van der Waals surface area contributed by atoms with E-state index in [1.54, 1.807) is 0 Å². The number of halogens is 2. The first-order chi connectivity index (χ1) is 7.20. The lowest BCUT2D eigenvalue weighted by Crippen LogP contribution is -2.27. The first kappa shape index (κ1) is 10.6. The second kappa shape index (κ2) is 4.31. The Balaban J connectivity index is 2.19. The van der Waals surface area contributed by atoms with E-state index in [9.17, 15) is 4.39 Å². The molecule has 0 radical (unpaired) electrons. The SMILES string of the molecule is CCN(CC1CC1)c1nc(Cl)ncc1F. The zero-order chi connectivity index (χ0) is 10.8. The third-order valence-electron chi connectivity index (χ3n) is 2.55. The van der Waals surface area contributed by atoms with Crippen LogP contribution in [0, 0.1) is 11.7 Å². The molecule has 0 spiro atoms. The van der Waals surface area contributed by atoms with E-state index < -0.39 is 5.82 Å². The van der Waals surface area contributed by atoms with Crippen molar-refractivity contribution in [2.75, 3.05) is 18.0 Å². The van der Waals surface area contributed by atoms with Gasteiger partial charge in [0, 0.05) is 13.1 Å². The summed E-state index contributed by atoms with van der Waals surface area (Å²) >= 11 is 5.65. The van der Waals surface area contributed by atoms with Gasteiger partial charge in [0.2, 0.25) is 5.28 Å². The number of aromatic nitrogens is 2. The van der Waals surface area contributed by atoms with E-state index in [0.717, 1.165) is 19.3 Å². The Morgan fingerprint density at radius 3 is 2.93 bits per heavy atom. The Kier molecular flexibility index (Phi) is 3.05. The number of rotatable bonds is 4. The predicted molar refractivity (Wildman–Crippen MR) is 57.6 cm³/mol. The molecule has 1 aromatic rings. The van der Waals surface area contributed by atoms with Crippen molar-refractivity contribution in [2.45, 2.75) is 19.8 Å². The third-order valence-corrected chi connectivity index (χ3v) is 2.74. The maximum atomic E-state index is 13.5. The molecule has 1 heterocycles. The maximum absolute atomic E-state index is 13.5. The van der Waals surface area contributed by atoms with Crippen LogP contribution in [0.5, 0.6) is 0 Å². The number of hydrogen-bond acceptors (Lipinski definition) is 3. The lowest BCUT2D eigenvalue weighted by atomic mass is 10.3. The number of hydrogen-bond donors (Lipinski definition) is 0. The van der Waals surface area contributed by atoms with Crippen molar-refractivity contribution in [3.05, 3.63) is 17.3 Å². The Labute approximate surface area is 93.3 Å². The molecule has 0 atom stereocenters. The summed E-state index contributed by atoms with van der Waals surface area (Å²) in [6.07, 6.45) is 3.59. The van der Waals surface area contributed by atoms with Crippen LogP contribution in [-0.2, 0) is 0 Å². The van der Waals surface area contributed by atoms with Gasteiger partial charge in [0.15, 0.2) is 11.6 Å². The highest BCUT2D eigenvalue weighted by Gasteiger charge is 2.25. The molecule has 1 aliphatic carbocycles. The monoisotopic (exact) mass is 229 g/mol. The standard InChI is InChI=1S/C10H13ClFN3/c1-2-15(6-7-3-4-7)9-8(12)5-13-10(11)14-9/h5,7H,2-4,6H2,1H3. The molecule has 5 heteroatoms. The molecular weight excluding hydrogens is 217 g/mol. The van der Waals surface area contributed by atoms with Gasteiger partial charge in [-0.3, -0.25) is 0 Å². The lowest BCUT2D eigenvalue weighted by Gasteiger charge is -2.21. The van der Waals surface area contributed by atoms with Crippen molar-refractivity contribution in [3.63, 3.8) is 0 Å². The Bertz CT molecular complexity index is 355. The molecule has 1 aromatic heterocycles. The van der Waals surface area contributed by atoms with Crippen molar-refractivity contribution in [1.29, 1.82) is 0 Å². The second-order valence-electron chi connectivity index (χ2n) is 3.79. The van der Waals surface area contributed by atoms with Crippen LogP contribution in [0.25, 0.3) is 0 Å². The molecule has 0 N–H and O–H groups in total. The maximum Gasteiger partial charge on any atom is 0.224 e. The van der Waals surface area contributed by atoms with Crippen LogP contribution in [0.3, 0.4) is 0 Å². The molecule has 0 aliphatic heterocycles. The van der Waals surface area contributed by atoms with E-state index in [0.29, 0.717) is 11.7 Å². The van der Waals surface area contributed by atoms with Gasteiger partial charge in [0.25, 0.3) is 0 Å². The largest absolute Gasteiger partial charge is 0.354 e. The van der Waals surface area contributed by atoms with Crippen molar-refractivity contribution in [2.24, 2.45) is 5.92 Å². The highest BCUT2D eigenvalue weighted by molar-refractivity contribution is 6.28. The third kappa shape index (κ3) is 2.56. The van der Waals surface area contributed by atoms with Gasteiger partial charge in [-0.25, -0.2) is 9.37 Å². The normalized spacial score (nSPS) is 15.4. The summed E-state index contributed by atoms with van der Waals surface area (Å²) in [5.74, 6) is 0.615. The zero-order valence-corrected chi connectivity index (χ0v) is 9.34. The predicted octanol–water partition coefficient (Wildman–Crippen LogP) is 2.51. The molecule has 0 saturated heterocycles. The van der Waals surface area contributed by atoms with Gasteiger partial charge in [-0.1, -0.05) is 0 Å². The molecule has 2 rings (SSSR count). The quantitative estimate of drug-likeness (QED) is 0.743. The molecule has 15 heavy (non-hydrogen) atoms. The minimum absolute atomic E-state index is 0.0978. The van der Waals surface area contributed by atoms with Crippen molar-refractivity contribution in [3.8, 4) is 0 Å². The molecule has 1 fully saturated rings. The van der Waals surface area contributed by atoms with E-state index >= 15 is 0 Å². The molecule has 0 aromatic carbocycles. The summed E-state index contributed by atoms with van der Waals surface area (Å²) in [6, 6.07) is 0. The molecule has 1 saturated carbocycles. The fourth-order valence-corrected chi connectivity index (χ4v) is 1.67.